The molecule has 1 aromatic carbocycles. The van der Waals surface area contributed by atoms with Gasteiger partial charge in [0.1, 0.15) is 5.83 Å². The summed E-state index contributed by atoms with van der Waals surface area (Å²) in [6, 6.07) is 7.55. The van der Waals surface area contributed by atoms with Crippen molar-refractivity contribution in [2.75, 3.05) is 6.54 Å². The van der Waals surface area contributed by atoms with Gasteiger partial charge in [-0.3, -0.25) is 4.79 Å². The van der Waals surface area contributed by atoms with Crippen molar-refractivity contribution in [3.63, 3.8) is 0 Å². The molecule has 0 radical (unpaired) electrons. The van der Waals surface area contributed by atoms with Gasteiger partial charge in [0.25, 0.3) is 0 Å². The Labute approximate surface area is 115 Å². The first-order chi connectivity index (χ1) is 8.52. The summed E-state index contributed by atoms with van der Waals surface area (Å²) in [5, 5.41) is 0. The summed E-state index contributed by atoms with van der Waals surface area (Å²) in [6.07, 6.45) is 1.71. The molecule has 0 heterocycles. The number of benzene rings is 1. The minimum atomic E-state index is -0.524. The molecule has 18 heavy (non-hydrogen) atoms. The highest BCUT2D eigenvalue weighted by Crippen LogP contribution is 2.13. The first-order valence-corrected chi connectivity index (χ1v) is 6.28. The third-order valence-electron chi connectivity index (χ3n) is 2.32. The fraction of sp³-hybridized carbons (Fsp3) is 0.214. The molecule has 0 aliphatic rings. The zero-order valence-electron chi connectivity index (χ0n) is 10.0. The Hall–Kier alpha value is -1.42. The van der Waals surface area contributed by atoms with Gasteiger partial charge in [0.2, 0.25) is 5.91 Å². The van der Waals surface area contributed by atoms with E-state index < -0.39 is 5.83 Å². The number of halogens is 2. The Kier molecular flexibility index (Phi) is 5.78. The van der Waals surface area contributed by atoms with E-state index in [-0.39, 0.29) is 18.9 Å². The summed E-state index contributed by atoms with van der Waals surface area (Å²) < 4.78 is 13.9. The zero-order chi connectivity index (χ0) is 13.5. The number of hydrogen-bond acceptors (Lipinski definition) is 1. The van der Waals surface area contributed by atoms with Crippen molar-refractivity contribution in [2.24, 2.45) is 0 Å². The van der Waals surface area contributed by atoms with Crippen molar-refractivity contribution in [3.05, 3.63) is 59.4 Å². The Balaban J connectivity index is 2.77. The molecule has 0 saturated heterocycles. The SMILES string of the molecule is C=CCC(=O)N(CC(=C)F)Cc1ccc(Br)cc1. The van der Waals surface area contributed by atoms with E-state index in [1.807, 2.05) is 24.3 Å². The quantitative estimate of drug-likeness (QED) is 0.731. The van der Waals surface area contributed by atoms with E-state index in [1.165, 1.54) is 11.0 Å². The largest absolute Gasteiger partial charge is 0.331 e. The third kappa shape index (κ3) is 4.84. The van der Waals surface area contributed by atoms with Crippen molar-refractivity contribution in [2.45, 2.75) is 13.0 Å². The summed E-state index contributed by atoms with van der Waals surface area (Å²) >= 11 is 3.34. The average Bonchev–Trinajstić information content (AvgIpc) is 2.31. The molecule has 0 aromatic heterocycles. The van der Waals surface area contributed by atoms with Gasteiger partial charge in [-0.25, -0.2) is 4.39 Å². The molecule has 1 amide bonds. The maximum Gasteiger partial charge on any atom is 0.227 e. The summed E-state index contributed by atoms with van der Waals surface area (Å²) in [4.78, 5) is 13.2. The number of carbonyl (C=O) groups is 1. The predicted octanol–water partition coefficient (Wildman–Crippen LogP) is 3.84. The minimum absolute atomic E-state index is 0.0806. The summed E-state index contributed by atoms with van der Waals surface area (Å²) in [5.74, 6) is -0.684. The molecule has 0 atom stereocenters. The smallest absolute Gasteiger partial charge is 0.227 e. The van der Waals surface area contributed by atoms with E-state index in [4.69, 9.17) is 0 Å². The Bertz CT molecular complexity index is 442. The Morgan fingerprint density at radius 1 is 1.39 bits per heavy atom. The molecule has 0 bridgehead atoms. The van der Waals surface area contributed by atoms with Gasteiger partial charge in [0.15, 0.2) is 0 Å². The number of nitrogens with zero attached hydrogens (tertiary/aromatic N) is 1. The van der Waals surface area contributed by atoms with Gasteiger partial charge < -0.3 is 4.90 Å². The van der Waals surface area contributed by atoms with Crippen LogP contribution >= 0.6 is 15.9 Å². The maximum atomic E-state index is 12.9. The maximum absolute atomic E-state index is 12.9. The first kappa shape index (κ1) is 14.6. The Morgan fingerprint density at radius 2 is 2.00 bits per heavy atom. The van der Waals surface area contributed by atoms with Gasteiger partial charge in [0, 0.05) is 17.4 Å². The third-order valence-corrected chi connectivity index (χ3v) is 2.85. The van der Waals surface area contributed by atoms with Crippen LogP contribution in [-0.2, 0) is 11.3 Å². The van der Waals surface area contributed by atoms with Gasteiger partial charge in [-0.2, -0.15) is 0 Å². The van der Waals surface area contributed by atoms with Gasteiger partial charge in [-0.05, 0) is 17.7 Å². The zero-order valence-corrected chi connectivity index (χ0v) is 11.6. The molecule has 1 rings (SSSR count). The molecule has 4 heteroatoms. The van der Waals surface area contributed by atoms with Gasteiger partial charge in [0.05, 0.1) is 6.54 Å². The van der Waals surface area contributed by atoms with Crippen LogP contribution in [0.25, 0.3) is 0 Å². The Morgan fingerprint density at radius 3 is 2.50 bits per heavy atom. The van der Waals surface area contributed by atoms with Gasteiger partial charge >= 0.3 is 0 Å². The lowest BCUT2D eigenvalue weighted by atomic mass is 10.2. The number of rotatable bonds is 6. The van der Waals surface area contributed by atoms with Crippen LogP contribution in [0.4, 0.5) is 4.39 Å². The highest BCUT2D eigenvalue weighted by Gasteiger charge is 2.13. The van der Waals surface area contributed by atoms with E-state index in [0.717, 1.165) is 10.0 Å². The topological polar surface area (TPSA) is 20.3 Å². The molecule has 0 spiro atoms. The second kappa shape index (κ2) is 7.11. The summed E-state index contributed by atoms with van der Waals surface area (Å²) in [6.45, 7) is 6.99. The lowest BCUT2D eigenvalue weighted by Crippen LogP contribution is -2.31. The molecule has 96 valence electrons. The second-order valence-electron chi connectivity index (χ2n) is 3.89. The van der Waals surface area contributed by atoms with Gasteiger partial charge in [-0.15, -0.1) is 6.58 Å². The number of hydrogen-bond donors (Lipinski definition) is 0. The molecule has 0 unspecified atom stereocenters. The van der Waals surface area contributed by atoms with Crippen LogP contribution in [0.2, 0.25) is 0 Å². The monoisotopic (exact) mass is 311 g/mol. The van der Waals surface area contributed by atoms with E-state index in [9.17, 15) is 9.18 Å². The lowest BCUT2D eigenvalue weighted by Gasteiger charge is -2.21. The van der Waals surface area contributed by atoms with E-state index in [2.05, 4.69) is 29.1 Å². The van der Waals surface area contributed by atoms with Crippen LogP contribution in [-0.4, -0.2) is 17.4 Å². The molecular formula is C14H15BrFNO. The van der Waals surface area contributed by atoms with Crippen molar-refractivity contribution < 1.29 is 9.18 Å². The summed E-state index contributed by atoms with van der Waals surface area (Å²) in [7, 11) is 0. The van der Waals surface area contributed by atoms with Crippen LogP contribution in [0.5, 0.6) is 0 Å². The molecule has 0 saturated carbocycles. The van der Waals surface area contributed by atoms with E-state index in [1.54, 1.807) is 0 Å². The second-order valence-corrected chi connectivity index (χ2v) is 4.80. The molecular weight excluding hydrogens is 297 g/mol. The number of amides is 1. The molecule has 0 N–H and O–H groups in total. The highest BCUT2D eigenvalue weighted by molar-refractivity contribution is 9.10. The van der Waals surface area contributed by atoms with Crippen molar-refractivity contribution in [1.29, 1.82) is 0 Å². The molecule has 0 aliphatic heterocycles. The fourth-order valence-corrected chi connectivity index (χ4v) is 1.77. The average molecular weight is 312 g/mol. The van der Waals surface area contributed by atoms with Crippen molar-refractivity contribution in [3.8, 4) is 0 Å². The van der Waals surface area contributed by atoms with Crippen LogP contribution in [0.1, 0.15) is 12.0 Å². The van der Waals surface area contributed by atoms with Gasteiger partial charge in [-0.1, -0.05) is 40.7 Å². The minimum Gasteiger partial charge on any atom is -0.331 e. The van der Waals surface area contributed by atoms with Crippen molar-refractivity contribution >= 4 is 21.8 Å². The molecule has 1 aromatic rings. The standard InChI is InChI=1S/C14H15BrFNO/c1-3-4-14(18)17(9-11(2)16)10-12-5-7-13(15)8-6-12/h3,5-8H,1-2,4,9-10H2. The molecule has 0 fully saturated rings. The van der Waals surface area contributed by atoms with Crippen LogP contribution < -0.4 is 0 Å². The molecule has 2 nitrogen and oxygen atoms in total. The van der Waals surface area contributed by atoms with Crippen LogP contribution in [0.3, 0.4) is 0 Å². The van der Waals surface area contributed by atoms with Crippen LogP contribution in [0, 0.1) is 0 Å². The fourth-order valence-electron chi connectivity index (χ4n) is 1.50. The normalized spacial score (nSPS) is 9.89. The summed E-state index contributed by atoms with van der Waals surface area (Å²) in [5.41, 5.74) is 0.942. The van der Waals surface area contributed by atoms with E-state index >= 15 is 0 Å². The molecule has 0 aliphatic carbocycles. The predicted molar refractivity (Wildman–Crippen MR) is 74.6 cm³/mol. The lowest BCUT2D eigenvalue weighted by molar-refractivity contribution is -0.130. The highest BCUT2D eigenvalue weighted by atomic mass is 79.9. The van der Waals surface area contributed by atoms with E-state index in [0.29, 0.717) is 6.54 Å². The van der Waals surface area contributed by atoms with Crippen molar-refractivity contribution in [1.82, 2.24) is 4.90 Å². The first-order valence-electron chi connectivity index (χ1n) is 5.49. The van der Waals surface area contributed by atoms with Crippen LogP contribution in [0.15, 0.2) is 53.8 Å². The number of carbonyl (C=O) groups excluding carboxylic acids is 1.